The average molecular weight is 248 g/mol. The monoisotopic (exact) mass is 248 g/mol. The number of piperidine rings is 1. The van der Waals surface area contributed by atoms with Crippen LogP contribution in [0.5, 0.6) is 5.88 Å². The van der Waals surface area contributed by atoms with Crippen LogP contribution >= 0.6 is 0 Å². The first-order chi connectivity index (χ1) is 8.68. The zero-order chi connectivity index (χ0) is 13.0. The largest absolute Gasteiger partial charge is 0.475 e. The van der Waals surface area contributed by atoms with Gasteiger partial charge in [0.15, 0.2) is 0 Å². The van der Waals surface area contributed by atoms with Crippen LogP contribution in [-0.4, -0.2) is 42.0 Å². The number of nitrogen functional groups attached to an aromatic ring is 1. The molecule has 1 fully saturated rings. The maximum Gasteiger partial charge on any atom is 0.224 e. The van der Waals surface area contributed by atoms with Gasteiger partial charge in [-0.2, -0.15) is 0 Å². The predicted molar refractivity (Wildman–Crippen MR) is 71.0 cm³/mol. The summed E-state index contributed by atoms with van der Waals surface area (Å²) in [6.07, 6.45) is 5.32. The number of likely N-dealkylation sites (tertiary alicyclic amines) is 1. The van der Waals surface area contributed by atoms with Gasteiger partial charge in [-0.05, 0) is 38.6 Å². The highest BCUT2D eigenvalue weighted by atomic mass is 16.5. The fourth-order valence-corrected chi connectivity index (χ4v) is 2.24. The van der Waals surface area contributed by atoms with E-state index in [1.54, 1.807) is 18.3 Å². The van der Waals surface area contributed by atoms with E-state index in [1.165, 1.54) is 12.8 Å². The molecular formula is C13H20N4O. The first-order valence-electron chi connectivity index (χ1n) is 6.31. The molecule has 2 heterocycles. The number of nitrogens with two attached hydrogens (primary N) is 1. The maximum absolute atomic E-state index is 7.49. The van der Waals surface area contributed by atoms with E-state index in [2.05, 4.69) is 16.9 Å². The van der Waals surface area contributed by atoms with Crippen molar-refractivity contribution in [3.8, 4) is 5.88 Å². The highest BCUT2D eigenvalue weighted by Gasteiger charge is 2.20. The molecule has 0 radical (unpaired) electrons. The minimum Gasteiger partial charge on any atom is -0.475 e. The summed E-state index contributed by atoms with van der Waals surface area (Å²) < 4.78 is 5.73. The van der Waals surface area contributed by atoms with E-state index in [1.807, 2.05) is 0 Å². The van der Waals surface area contributed by atoms with E-state index in [-0.39, 0.29) is 5.84 Å². The van der Waals surface area contributed by atoms with Crippen LogP contribution in [0.2, 0.25) is 0 Å². The van der Waals surface area contributed by atoms with Crippen LogP contribution in [0.4, 0.5) is 0 Å². The molecule has 2 rings (SSSR count). The average Bonchev–Trinajstić information content (AvgIpc) is 2.38. The second kappa shape index (κ2) is 5.82. The molecule has 0 saturated carbocycles. The summed E-state index contributed by atoms with van der Waals surface area (Å²) in [6, 6.07) is 3.95. The van der Waals surface area contributed by atoms with Crippen LogP contribution in [-0.2, 0) is 0 Å². The number of aromatic nitrogens is 1. The number of nitrogens with one attached hydrogen (secondary N) is 1. The van der Waals surface area contributed by atoms with Crippen molar-refractivity contribution < 1.29 is 4.74 Å². The van der Waals surface area contributed by atoms with Crippen molar-refractivity contribution in [2.75, 3.05) is 20.2 Å². The number of ether oxygens (including phenoxy) is 1. The highest BCUT2D eigenvalue weighted by molar-refractivity contribution is 5.96. The van der Waals surface area contributed by atoms with Crippen molar-refractivity contribution in [3.63, 3.8) is 0 Å². The fourth-order valence-electron chi connectivity index (χ4n) is 2.24. The van der Waals surface area contributed by atoms with Gasteiger partial charge >= 0.3 is 0 Å². The number of likely N-dealkylation sites (N-methyl/N-ethyl adjacent to an activating group) is 1. The number of amidine groups is 1. The summed E-state index contributed by atoms with van der Waals surface area (Å²) in [6.45, 7) is 1.73. The molecule has 5 nitrogen and oxygen atoms in total. The third-order valence-corrected chi connectivity index (χ3v) is 3.40. The molecule has 0 bridgehead atoms. The minimum atomic E-state index is -0.00454. The Morgan fingerprint density at radius 2 is 2.44 bits per heavy atom. The summed E-state index contributed by atoms with van der Waals surface area (Å²) in [5.74, 6) is 0.457. The van der Waals surface area contributed by atoms with E-state index in [0.29, 0.717) is 24.1 Å². The first-order valence-corrected chi connectivity index (χ1v) is 6.31. The molecule has 0 aromatic carbocycles. The summed E-state index contributed by atoms with van der Waals surface area (Å²) in [7, 11) is 2.12. The molecule has 0 amide bonds. The molecule has 0 aliphatic carbocycles. The summed E-state index contributed by atoms with van der Waals surface area (Å²) in [5.41, 5.74) is 6.07. The van der Waals surface area contributed by atoms with Gasteiger partial charge in [0.1, 0.15) is 12.4 Å². The first kappa shape index (κ1) is 12.8. The Morgan fingerprint density at radius 1 is 1.61 bits per heavy atom. The van der Waals surface area contributed by atoms with Gasteiger partial charge in [0.25, 0.3) is 0 Å². The van der Waals surface area contributed by atoms with E-state index in [9.17, 15) is 0 Å². The fraction of sp³-hybridized carbons (Fsp3) is 0.538. The number of hydrogen-bond donors (Lipinski definition) is 2. The molecule has 1 aliphatic heterocycles. The Labute approximate surface area is 107 Å². The Kier molecular flexibility index (Phi) is 4.15. The summed E-state index contributed by atoms with van der Waals surface area (Å²) in [4.78, 5) is 6.47. The number of rotatable bonds is 4. The van der Waals surface area contributed by atoms with Crippen LogP contribution in [0.1, 0.15) is 24.8 Å². The quantitative estimate of drug-likeness (QED) is 0.620. The lowest BCUT2D eigenvalue weighted by atomic mass is 10.0. The van der Waals surface area contributed by atoms with Crippen LogP contribution in [0.15, 0.2) is 18.3 Å². The molecule has 3 N–H and O–H groups in total. The standard InChI is InChI=1S/C13H20N4O/c1-17-8-3-2-5-10(17)9-18-13-11(12(14)15)6-4-7-16-13/h4,6-7,10H,2-3,5,8-9H2,1H3,(H3,14,15). The molecule has 1 aromatic rings. The van der Waals surface area contributed by atoms with Crippen LogP contribution in [0, 0.1) is 5.41 Å². The molecule has 98 valence electrons. The SMILES string of the molecule is CN1CCCCC1COc1ncccc1C(=N)N. The van der Waals surface area contributed by atoms with Gasteiger partial charge in [-0.25, -0.2) is 4.98 Å². The number of pyridine rings is 1. The molecule has 1 aliphatic rings. The predicted octanol–water partition coefficient (Wildman–Crippen LogP) is 1.23. The zero-order valence-electron chi connectivity index (χ0n) is 10.7. The maximum atomic E-state index is 7.49. The molecule has 1 aromatic heterocycles. The van der Waals surface area contributed by atoms with Gasteiger partial charge in [0, 0.05) is 12.2 Å². The van der Waals surface area contributed by atoms with E-state index in [0.717, 1.165) is 13.0 Å². The summed E-state index contributed by atoms with van der Waals surface area (Å²) in [5, 5.41) is 7.49. The molecule has 5 heteroatoms. The van der Waals surface area contributed by atoms with Crippen molar-refractivity contribution in [1.29, 1.82) is 5.41 Å². The normalized spacial score (nSPS) is 20.6. The van der Waals surface area contributed by atoms with Gasteiger partial charge in [-0.1, -0.05) is 6.42 Å². The Balaban J connectivity index is 1.99. The van der Waals surface area contributed by atoms with Gasteiger partial charge < -0.3 is 15.4 Å². The number of nitrogens with zero attached hydrogens (tertiary/aromatic N) is 2. The van der Waals surface area contributed by atoms with Crippen LogP contribution < -0.4 is 10.5 Å². The van der Waals surface area contributed by atoms with Crippen molar-refractivity contribution in [3.05, 3.63) is 23.9 Å². The summed E-state index contributed by atoms with van der Waals surface area (Å²) >= 11 is 0. The van der Waals surface area contributed by atoms with Crippen molar-refractivity contribution >= 4 is 5.84 Å². The smallest absolute Gasteiger partial charge is 0.224 e. The highest BCUT2D eigenvalue weighted by Crippen LogP contribution is 2.18. The lowest BCUT2D eigenvalue weighted by Crippen LogP contribution is -2.40. The molecule has 1 unspecified atom stereocenters. The molecule has 1 saturated heterocycles. The minimum absolute atomic E-state index is 0.00454. The van der Waals surface area contributed by atoms with E-state index >= 15 is 0 Å². The molecule has 18 heavy (non-hydrogen) atoms. The Morgan fingerprint density at radius 3 is 3.17 bits per heavy atom. The van der Waals surface area contributed by atoms with Crippen molar-refractivity contribution in [2.45, 2.75) is 25.3 Å². The van der Waals surface area contributed by atoms with Gasteiger partial charge in [0.2, 0.25) is 5.88 Å². The lowest BCUT2D eigenvalue weighted by molar-refractivity contribution is 0.122. The van der Waals surface area contributed by atoms with E-state index in [4.69, 9.17) is 15.9 Å². The van der Waals surface area contributed by atoms with Gasteiger partial charge in [-0.3, -0.25) is 5.41 Å². The molecular weight excluding hydrogens is 228 g/mol. The van der Waals surface area contributed by atoms with Crippen LogP contribution in [0.25, 0.3) is 0 Å². The van der Waals surface area contributed by atoms with Crippen molar-refractivity contribution in [2.24, 2.45) is 5.73 Å². The topological polar surface area (TPSA) is 75.2 Å². The second-order valence-corrected chi connectivity index (χ2v) is 4.71. The van der Waals surface area contributed by atoms with Gasteiger partial charge in [-0.15, -0.1) is 0 Å². The third-order valence-electron chi connectivity index (χ3n) is 3.40. The third kappa shape index (κ3) is 2.98. The lowest BCUT2D eigenvalue weighted by Gasteiger charge is -2.32. The Bertz CT molecular complexity index is 421. The number of hydrogen-bond acceptors (Lipinski definition) is 4. The van der Waals surface area contributed by atoms with E-state index < -0.39 is 0 Å². The van der Waals surface area contributed by atoms with Crippen molar-refractivity contribution in [1.82, 2.24) is 9.88 Å². The molecule has 1 atom stereocenters. The second-order valence-electron chi connectivity index (χ2n) is 4.71. The van der Waals surface area contributed by atoms with Crippen LogP contribution in [0.3, 0.4) is 0 Å². The molecule has 0 spiro atoms. The zero-order valence-corrected chi connectivity index (χ0v) is 10.7. The Hall–Kier alpha value is -1.62. The van der Waals surface area contributed by atoms with Gasteiger partial charge in [0.05, 0.1) is 5.56 Å².